The molecule has 3 N–H and O–H groups in total. The van der Waals surface area contributed by atoms with Crippen molar-refractivity contribution in [3.05, 3.63) is 71.9 Å². The van der Waals surface area contributed by atoms with Crippen LogP contribution in [0.1, 0.15) is 21.5 Å². The van der Waals surface area contributed by atoms with Crippen molar-refractivity contribution in [3.8, 4) is 5.75 Å². The molecule has 0 radical (unpaired) electrons. The molecule has 3 rings (SSSR count). The lowest BCUT2D eigenvalue weighted by Gasteiger charge is -2.11. The summed E-state index contributed by atoms with van der Waals surface area (Å²) in [4.78, 5) is 29.6. The van der Waals surface area contributed by atoms with Gasteiger partial charge in [-0.05, 0) is 43.9 Å². The van der Waals surface area contributed by atoms with Crippen LogP contribution in [-0.4, -0.2) is 48.8 Å². The van der Waals surface area contributed by atoms with Gasteiger partial charge in [-0.2, -0.15) is 0 Å². The number of hydrogen-bond donors (Lipinski definition) is 2. The van der Waals surface area contributed by atoms with Crippen LogP contribution in [0.2, 0.25) is 0 Å². The summed E-state index contributed by atoms with van der Waals surface area (Å²) in [6.45, 7) is 5.04. The van der Waals surface area contributed by atoms with Crippen LogP contribution in [-0.2, 0) is 4.79 Å². The van der Waals surface area contributed by atoms with E-state index in [0.717, 1.165) is 17.4 Å². The summed E-state index contributed by atoms with van der Waals surface area (Å²) in [5.41, 5.74) is 7.84. The number of hydrogen-bond acceptors (Lipinski definition) is 4. The number of amides is 1. The largest absolute Gasteiger partial charge is 0.492 e. The molecular weight excluding hydrogens is 354 g/mol. The fraction of sp³-hybridized carbons (Fsp3) is 0.182. The van der Waals surface area contributed by atoms with Gasteiger partial charge in [0.15, 0.2) is 5.78 Å². The zero-order chi connectivity index (χ0) is 20.3. The molecular formula is C22H23N3O3. The van der Waals surface area contributed by atoms with Crippen LogP contribution in [0.5, 0.6) is 5.75 Å². The van der Waals surface area contributed by atoms with E-state index in [1.165, 1.54) is 0 Å². The first-order chi connectivity index (χ1) is 13.4. The lowest BCUT2D eigenvalue weighted by molar-refractivity contribution is -0.112. The van der Waals surface area contributed by atoms with Gasteiger partial charge in [-0.25, -0.2) is 0 Å². The average Bonchev–Trinajstić information content (AvgIpc) is 3.09. The summed E-state index contributed by atoms with van der Waals surface area (Å²) in [5, 5.41) is 0.784. The molecule has 1 amide bonds. The van der Waals surface area contributed by atoms with E-state index in [2.05, 4.69) is 11.6 Å². The molecule has 6 nitrogen and oxygen atoms in total. The number of ketones is 1. The van der Waals surface area contributed by atoms with E-state index in [-0.39, 0.29) is 11.4 Å². The van der Waals surface area contributed by atoms with Crippen molar-refractivity contribution in [1.82, 2.24) is 9.88 Å². The molecule has 144 valence electrons. The number of carbonyl (C=O) groups excluding carboxylic acids is 2. The maximum atomic E-state index is 13.1. The van der Waals surface area contributed by atoms with Crippen LogP contribution in [0.3, 0.4) is 0 Å². The number of fused-ring (bicyclic) bond motifs is 1. The Morgan fingerprint density at radius 1 is 1.14 bits per heavy atom. The average molecular weight is 377 g/mol. The summed E-state index contributed by atoms with van der Waals surface area (Å²) in [5.74, 6) is -0.0640. The summed E-state index contributed by atoms with van der Waals surface area (Å²) in [6.07, 6.45) is 1.69. The highest BCUT2D eigenvalue weighted by Gasteiger charge is 2.16. The van der Waals surface area contributed by atoms with Gasteiger partial charge in [-0.3, -0.25) is 9.59 Å². The number of H-pyrrole nitrogens is 1. The Morgan fingerprint density at radius 2 is 1.89 bits per heavy atom. The first-order valence-electron chi connectivity index (χ1n) is 8.89. The van der Waals surface area contributed by atoms with E-state index >= 15 is 0 Å². The molecule has 0 atom stereocenters. The quantitative estimate of drug-likeness (QED) is 0.467. The molecule has 0 saturated carbocycles. The van der Waals surface area contributed by atoms with Crippen molar-refractivity contribution >= 4 is 28.2 Å². The molecule has 0 aliphatic carbocycles. The van der Waals surface area contributed by atoms with Crippen LogP contribution >= 0.6 is 0 Å². The van der Waals surface area contributed by atoms with Crippen LogP contribution in [0.4, 0.5) is 0 Å². The van der Waals surface area contributed by atoms with E-state index in [4.69, 9.17) is 10.5 Å². The Labute approximate surface area is 163 Å². The summed E-state index contributed by atoms with van der Waals surface area (Å²) in [7, 11) is 3.97. The Balaban J connectivity index is 1.90. The van der Waals surface area contributed by atoms with E-state index < -0.39 is 5.91 Å². The summed E-state index contributed by atoms with van der Waals surface area (Å²) >= 11 is 0. The third kappa shape index (κ3) is 4.13. The number of benzene rings is 2. The number of carbonyl (C=O) groups is 2. The maximum absolute atomic E-state index is 13.1. The maximum Gasteiger partial charge on any atom is 0.248 e. The number of primary amides is 1. The predicted molar refractivity (Wildman–Crippen MR) is 110 cm³/mol. The van der Waals surface area contributed by atoms with Gasteiger partial charge < -0.3 is 20.4 Å². The Kier molecular flexibility index (Phi) is 5.61. The number of nitrogens with two attached hydrogens (primary N) is 1. The molecule has 28 heavy (non-hydrogen) atoms. The zero-order valence-corrected chi connectivity index (χ0v) is 16.0. The standard InChI is InChI=1S/C22H23N3O3/c1-14(22(23)27)15-5-4-6-16(11-15)21(26)19-13-24-20-8-7-17(12-18(19)20)28-10-9-25(2)3/h4-8,11-13,24H,1,9-10H2,2-3H3,(H2,23,27). The Morgan fingerprint density at radius 3 is 2.61 bits per heavy atom. The third-order valence-electron chi connectivity index (χ3n) is 4.48. The van der Waals surface area contributed by atoms with E-state index in [0.29, 0.717) is 29.0 Å². The summed E-state index contributed by atoms with van der Waals surface area (Å²) < 4.78 is 5.78. The van der Waals surface area contributed by atoms with Gasteiger partial charge in [0.2, 0.25) is 5.91 Å². The lowest BCUT2D eigenvalue weighted by Crippen LogP contribution is -2.19. The number of likely N-dealkylation sites (N-methyl/N-ethyl adjacent to an activating group) is 1. The van der Waals surface area contributed by atoms with Crippen LogP contribution < -0.4 is 10.5 Å². The van der Waals surface area contributed by atoms with Gasteiger partial charge in [-0.1, -0.05) is 24.8 Å². The molecule has 0 unspecified atom stereocenters. The van der Waals surface area contributed by atoms with Crippen molar-refractivity contribution in [2.24, 2.45) is 5.73 Å². The molecule has 3 aromatic rings. The van der Waals surface area contributed by atoms with Crippen molar-refractivity contribution in [2.75, 3.05) is 27.2 Å². The number of rotatable bonds is 8. The monoisotopic (exact) mass is 377 g/mol. The lowest BCUT2D eigenvalue weighted by atomic mass is 9.98. The van der Waals surface area contributed by atoms with E-state index in [9.17, 15) is 9.59 Å². The Hall–Kier alpha value is -3.38. The Bertz CT molecular complexity index is 1050. The van der Waals surface area contributed by atoms with Gasteiger partial charge in [0, 0.05) is 40.3 Å². The zero-order valence-electron chi connectivity index (χ0n) is 16.0. The van der Waals surface area contributed by atoms with Gasteiger partial charge in [0.25, 0.3) is 0 Å². The SMILES string of the molecule is C=C(C(N)=O)c1cccc(C(=O)c2c[nH]c3ccc(OCCN(C)C)cc23)c1. The predicted octanol–water partition coefficient (Wildman–Crippen LogP) is 2.84. The molecule has 0 aliphatic rings. The highest BCUT2D eigenvalue weighted by molar-refractivity contribution is 6.20. The molecule has 2 aromatic carbocycles. The van der Waals surface area contributed by atoms with E-state index in [1.54, 1.807) is 30.5 Å². The highest BCUT2D eigenvalue weighted by Crippen LogP contribution is 2.26. The second-order valence-corrected chi connectivity index (χ2v) is 6.81. The minimum absolute atomic E-state index is 0.157. The van der Waals surface area contributed by atoms with Gasteiger partial charge in [-0.15, -0.1) is 0 Å². The van der Waals surface area contributed by atoms with Crippen molar-refractivity contribution in [3.63, 3.8) is 0 Å². The first-order valence-corrected chi connectivity index (χ1v) is 8.89. The second-order valence-electron chi connectivity index (χ2n) is 6.81. The fourth-order valence-corrected chi connectivity index (χ4v) is 2.87. The second kappa shape index (κ2) is 8.10. The molecule has 6 heteroatoms. The van der Waals surface area contributed by atoms with Gasteiger partial charge in [0.1, 0.15) is 12.4 Å². The van der Waals surface area contributed by atoms with Crippen LogP contribution in [0, 0.1) is 0 Å². The van der Waals surface area contributed by atoms with Gasteiger partial charge >= 0.3 is 0 Å². The number of ether oxygens (including phenoxy) is 1. The molecule has 0 spiro atoms. The molecule has 0 fully saturated rings. The first kappa shape index (κ1) is 19.4. The molecule has 0 bridgehead atoms. The van der Waals surface area contributed by atoms with Crippen molar-refractivity contribution in [1.29, 1.82) is 0 Å². The molecule has 1 heterocycles. The number of nitrogens with zero attached hydrogens (tertiary/aromatic N) is 1. The normalized spacial score (nSPS) is 11.0. The van der Waals surface area contributed by atoms with Gasteiger partial charge in [0.05, 0.1) is 0 Å². The minimum atomic E-state index is -0.615. The fourth-order valence-electron chi connectivity index (χ4n) is 2.87. The third-order valence-corrected chi connectivity index (χ3v) is 4.48. The summed E-state index contributed by atoms with van der Waals surface area (Å²) in [6, 6.07) is 12.4. The van der Waals surface area contributed by atoms with E-state index in [1.807, 2.05) is 37.2 Å². The number of aromatic nitrogens is 1. The number of aromatic amines is 1. The van der Waals surface area contributed by atoms with Crippen LogP contribution in [0.25, 0.3) is 16.5 Å². The van der Waals surface area contributed by atoms with Crippen molar-refractivity contribution < 1.29 is 14.3 Å². The minimum Gasteiger partial charge on any atom is -0.492 e. The highest BCUT2D eigenvalue weighted by atomic mass is 16.5. The number of nitrogens with one attached hydrogen (secondary N) is 1. The molecule has 0 aliphatic heterocycles. The van der Waals surface area contributed by atoms with Crippen molar-refractivity contribution in [2.45, 2.75) is 0 Å². The van der Waals surface area contributed by atoms with Crippen LogP contribution in [0.15, 0.2) is 55.2 Å². The topological polar surface area (TPSA) is 88.4 Å². The molecule has 0 saturated heterocycles. The molecule has 1 aromatic heterocycles. The smallest absolute Gasteiger partial charge is 0.248 e.